The number of unbranched alkanes of at least 4 members (excludes halogenated alkanes) is 2. The molecule has 0 radical (unpaired) electrons. The van der Waals surface area contributed by atoms with Crippen LogP contribution in [0.2, 0.25) is 0 Å². The monoisotopic (exact) mass is 231 g/mol. The van der Waals surface area contributed by atoms with Crippen LogP contribution in [0.1, 0.15) is 40.0 Å². The molecule has 96 valence electrons. The SMILES string of the molecule is C=CCCCCO.CC(C)(C)[C@H](N)C(=O)O. The molecule has 0 aromatic carbocycles. The molecule has 0 bridgehead atoms. The van der Waals surface area contributed by atoms with Crippen molar-refractivity contribution in [2.45, 2.75) is 46.1 Å². The summed E-state index contributed by atoms with van der Waals surface area (Å²) in [7, 11) is 0. The normalized spacial score (nSPS) is 12.3. The molecule has 16 heavy (non-hydrogen) atoms. The Morgan fingerprint density at radius 1 is 1.44 bits per heavy atom. The molecule has 1 atom stereocenters. The molecule has 0 aliphatic carbocycles. The highest BCUT2D eigenvalue weighted by molar-refractivity contribution is 5.74. The Morgan fingerprint density at radius 3 is 2.12 bits per heavy atom. The Bertz CT molecular complexity index is 197. The fraction of sp³-hybridized carbons (Fsp3) is 0.750. The summed E-state index contributed by atoms with van der Waals surface area (Å²) >= 11 is 0. The maximum atomic E-state index is 10.2. The second-order valence-electron chi connectivity index (χ2n) is 4.69. The lowest BCUT2D eigenvalue weighted by Gasteiger charge is -2.22. The summed E-state index contributed by atoms with van der Waals surface area (Å²) in [5, 5.41) is 16.7. The molecule has 0 rings (SSSR count). The number of carbonyl (C=O) groups is 1. The van der Waals surface area contributed by atoms with Crippen molar-refractivity contribution in [2.75, 3.05) is 6.61 Å². The van der Waals surface area contributed by atoms with Gasteiger partial charge in [0.25, 0.3) is 0 Å². The first kappa shape index (κ1) is 17.5. The highest BCUT2D eigenvalue weighted by Crippen LogP contribution is 2.16. The van der Waals surface area contributed by atoms with Crippen LogP contribution < -0.4 is 5.73 Å². The molecule has 0 saturated carbocycles. The number of nitrogens with two attached hydrogens (primary N) is 1. The summed E-state index contributed by atoms with van der Waals surface area (Å²) < 4.78 is 0. The molecule has 0 aliphatic heterocycles. The van der Waals surface area contributed by atoms with Gasteiger partial charge in [0.15, 0.2) is 0 Å². The smallest absolute Gasteiger partial charge is 0.321 e. The topological polar surface area (TPSA) is 83.5 Å². The first-order valence-electron chi connectivity index (χ1n) is 5.47. The lowest BCUT2D eigenvalue weighted by Crippen LogP contribution is -2.41. The van der Waals surface area contributed by atoms with Gasteiger partial charge in [-0.05, 0) is 24.7 Å². The van der Waals surface area contributed by atoms with E-state index >= 15 is 0 Å². The fourth-order valence-corrected chi connectivity index (χ4v) is 0.771. The third-order valence-electron chi connectivity index (χ3n) is 2.02. The highest BCUT2D eigenvalue weighted by Gasteiger charge is 2.26. The van der Waals surface area contributed by atoms with E-state index in [9.17, 15) is 4.79 Å². The van der Waals surface area contributed by atoms with Crippen molar-refractivity contribution in [1.82, 2.24) is 0 Å². The summed E-state index contributed by atoms with van der Waals surface area (Å²) in [6.07, 6.45) is 4.88. The Balaban J connectivity index is 0. The van der Waals surface area contributed by atoms with Crippen molar-refractivity contribution in [3.05, 3.63) is 12.7 Å². The number of hydrogen-bond donors (Lipinski definition) is 3. The zero-order valence-corrected chi connectivity index (χ0v) is 10.6. The van der Waals surface area contributed by atoms with Gasteiger partial charge in [0.2, 0.25) is 0 Å². The van der Waals surface area contributed by atoms with E-state index in [0.717, 1.165) is 19.3 Å². The predicted molar refractivity (Wildman–Crippen MR) is 66.2 cm³/mol. The molecule has 0 fully saturated rings. The van der Waals surface area contributed by atoms with Crippen molar-refractivity contribution in [3.63, 3.8) is 0 Å². The second-order valence-corrected chi connectivity index (χ2v) is 4.69. The van der Waals surface area contributed by atoms with E-state index < -0.39 is 12.0 Å². The zero-order valence-electron chi connectivity index (χ0n) is 10.6. The van der Waals surface area contributed by atoms with Crippen molar-refractivity contribution < 1.29 is 15.0 Å². The average Bonchev–Trinajstić information content (AvgIpc) is 2.17. The van der Waals surface area contributed by atoms with Gasteiger partial charge in [0, 0.05) is 6.61 Å². The molecule has 0 unspecified atom stereocenters. The molecule has 0 amide bonds. The van der Waals surface area contributed by atoms with Crippen LogP contribution in [0.5, 0.6) is 0 Å². The lowest BCUT2D eigenvalue weighted by atomic mass is 9.88. The lowest BCUT2D eigenvalue weighted by molar-refractivity contribution is -0.141. The predicted octanol–water partition coefficient (Wildman–Crippen LogP) is 1.78. The number of hydrogen-bond acceptors (Lipinski definition) is 3. The van der Waals surface area contributed by atoms with Crippen LogP contribution in [0.4, 0.5) is 0 Å². The van der Waals surface area contributed by atoms with Gasteiger partial charge in [-0.15, -0.1) is 6.58 Å². The minimum absolute atomic E-state index is 0.313. The quantitative estimate of drug-likeness (QED) is 0.497. The Morgan fingerprint density at radius 2 is 1.94 bits per heavy atom. The Hall–Kier alpha value is -0.870. The molecule has 0 aliphatic rings. The molecule has 0 heterocycles. The van der Waals surface area contributed by atoms with Crippen molar-refractivity contribution >= 4 is 5.97 Å². The molecule has 0 spiro atoms. The maximum absolute atomic E-state index is 10.2. The van der Waals surface area contributed by atoms with Gasteiger partial charge in [-0.1, -0.05) is 26.8 Å². The highest BCUT2D eigenvalue weighted by atomic mass is 16.4. The van der Waals surface area contributed by atoms with Crippen molar-refractivity contribution in [1.29, 1.82) is 0 Å². The van der Waals surface area contributed by atoms with E-state index in [1.165, 1.54) is 0 Å². The van der Waals surface area contributed by atoms with Gasteiger partial charge in [-0.25, -0.2) is 0 Å². The van der Waals surface area contributed by atoms with Gasteiger partial charge in [-0.2, -0.15) is 0 Å². The van der Waals surface area contributed by atoms with Crippen LogP contribution in [-0.4, -0.2) is 28.8 Å². The first-order chi connectivity index (χ1) is 7.27. The largest absolute Gasteiger partial charge is 0.480 e. The third-order valence-corrected chi connectivity index (χ3v) is 2.02. The van der Waals surface area contributed by atoms with Crippen molar-refractivity contribution in [3.8, 4) is 0 Å². The molecule has 4 heteroatoms. The minimum Gasteiger partial charge on any atom is -0.480 e. The summed E-state index contributed by atoms with van der Waals surface area (Å²) in [4.78, 5) is 10.2. The van der Waals surface area contributed by atoms with Crippen molar-refractivity contribution in [2.24, 2.45) is 11.1 Å². The number of allylic oxidation sites excluding steroid dienone is 1. The van der Waals surface area contributed by atoms with E-state index in [2.05, 4.69) is 6.58 Å². The van der Waals surface area contributed by atoms with E-state index in [-0.39, 0.29) is 5.41 Å². The van der Waals surface area contributed by atoms with Crippen LogP contribution in [-0.2, 0) is 4.79 Å². The second kappa shape index (κ2) is 9.36. The summed E-state index contributed by atoms with van der Waals surface area (Å²) in [6.45, 7) is 9.26. The number of aliphatic carboxylic acids is 1. The van der Waals surface area contributed by atoms with Gasteiger partial charge >= 0.3 is 5.97 Å². The van der Waals surface area contributed by atoms with E-state index in [4.69, 9.17) is 15.9 Å². The third kappa shape index (κ3) is 11.2. The van der Waals surface area contributed by atoms with Gasteiger partial charge < -0.3 is 15.9 Å². The minimum atomic E-state index is -0.942. The fourth-order valence-electron chi connectivity index (χ4n) is 0.771. The van der Waals surface area contributed by atoms with E-state index in [0.29, 0.717) is 6.61 Å². The van der Waals surface area contributed by atoms with Gasteiger partial charge in [-0.3, -0.25) is 4.79 Å². The van der Waals surface area contributed by atoms with Crippen LogP contribution in [0, 0.1) is 5.41 Å². The van der Waals surface area contributed by atoms with Gasteiger partial charge in [0.05, 0.1) is 0 Å². The molecular formula is C12H25NO3. The summed E-state index contributed by atoms with van der Waals surface area (Å²) in [6, 6.07) is -0.766. The number of aliphatic hydroxyl groups excluding tert-OH is 1. The number of aliphatic hydroxyl groups is 1. The molecule has 0 aromatic heterocycles. The maximum Gasteiger partial charge on any atom is 0.321 e. The van der Waals surface area contributed by atoms with Gasteiger partial charge in [0.1, 0.15) is 6.04 Å². The number of carboxylic acids is 1. The molecule has 0 saturated heterocycles. The molecule has 0 aromatic rings. The van der Waals surface area contributed by atoms with E-state index in [1.54, 1.807) is 20.8 Å². The Labute approximate surface area is 98.2 Å². The summed E-state index contributed by atoms with van der Waals surface area (Å²) in [5.74, 6) is -0.942. The van der Waals surface area contributed by atoms with Crippen LogP contribution >= 0.6 is 0 Å². The number of carboxylic acid groups (broad SMARTS) is 1. The molecule has 4 nitrogen and oxygen atoms in total. The molecule has 4 N–H and O–H groups in total. The Kier molecular flexibility index (Phi) is 10.3. The molecular weight excluding hydrogens is 206 g/mol. The number of rotatable bonds is 5. The van der Waals surface area contributed by atoms with Crippen LogP contribution in [0.15, 0.2) is 12.7 Å². The van der Waals surface area contributed by atoms with E-state index in [1.807, 2.05) is 6.08 Å². The summed E-state index contributed by atoms with van der Waals surface area (Å²) in [5.41, 5.74) is 4.95. The van der Waals surface area contributed by atoms with Crippen LogP contribution in [0.25, 0.3) is 0 Å². The standard InChI is InChI=1S/C6H13NO2.C6H12O/c1-6(2,3)4(7)5(8)9;1-2-3-4-5-6-7/h4H,7H2,1-3H3,(H,8,9);2,7H,1,3-6H2/t4-;/m1./s1. The zero-order chi connectivity index (χ0) is 13.2. The average molecular weight is 231 g/mol. The van der Waals surface area contributed by atoms with Crippen LogP contribution in [0.3, 0.4) is 0 Å². The first-order valence-corrected chi connectivity index (χ1v) is 5.47.